The van der Waals surface area contributed by atoms with Gasteiger partial charge in [-0.25, -0.2) is 4.98 Å². The van der Waals surface area contributed by atoms with Crippen molar-refractivity contribution in [1.29, 1.82) is 0 Å². The molecule has 8 heteroatoms. The number of hydrogen-bond acceptors (Lipinski definition) is 6. The number of aromatic nitrogens is 3. The average molecular weight is 374 g/mol. The second-order valence-corrected chi connectivity index (χ2v) is 7.21. The minimum atomic E-state index is -0.0579. The molecular formula is C17H18N4O2S2. The fourth-order valence-electron chi connectivity index (χ4n) is 2.16. The van der Waals surface area contributed by atoms with Gasteiger partial charge in [-0.2, -0.15) is 0 Å². The molecule has 0 unspecified atom stereocenters. The first kappa shape index (κ1) is 17.5. The number of nitrogens with one attached hydrogen (secondary N) is 2. The molecule has 2 heterocycles. The Kier molecular flexibility index (Phi) is 6.08. The molecular weight excluding hydrogens is 356 g/mol. The molecule has 2 N–H and O–H groups in total. The zero-order valence-electron chi connectivity index (χ0n) is 13.7. The van der Waals surface area contributed by atoms with Gasteiger partial charge in [0.2, 0.25) is 11.1 Å². The van der Waals surface area contributed by atoms with Gasteiger partial charge in [0.1, 0.15) is 11.6 Å². The van der Waals surface area contributed by atoms with Crippen LogP contribution in [0.25, 0.3) is 0 Å². The maximum Gasteiger partial charge on any atom is 0.230 e. The molecule has 3 rings (SSSR count). The van der Waals surface area contributed by atoms with Crippen LogP contribution in [-0.4, -0.2) is 34.0 Å². The number of H-pyrrole nitrogens is 1. The molecule has 3 aromatic rings. The third-order valence-corrected chi connectivity index (χ3v) is 5.11. The molecule has 0 spiro atoms. The summed E-state index contributed by atoms with van der Waals surface area (Å²) >= 11 is 3.00. The smallest absolute Gasteiger partial charge is 0.230 e. The van der Waals surface area contributed by atoms with Crippen LogP contribution in [-0.2, 0) is 17.8 Å². The SMILES string of the molecule is COc1cccc(CNC(=O)CSc2n[nH]c(Cc3cccs3)n2)c1. The number of thioether (sulfide) groups is 1. The highest BCUT2D eigenvalue weighted by molar-refractivity contribution is 7.99. The van der Waals surface area contributed by atoms with E-state index in [4.69, 9.17) is 4.74 Å². The maximum atomic E-state index is 12.0. The summed E-state index contributed by atoms with van der Waals surface area (Å²) in [5.41, 5.74) is 0.994. The number of hydrogen-bond donors (Lipinski definition) is 2. The number of rotatable bonds is 8. The number of thiophene rings is 1. The van der Waals surface area contributed by atoms with Crippen molar-refractivity contribution < 1.29 is 9.53 Å². The number of ether oxygens (including phenoxy) is 1. The zero-order chi connectivity index (χ0) is 17.5. The summed E-state index contributed by atoms with van der Waals surface area (Å²) in [6.07, 6.45) is 0.729. The second-order valence-electron chi connectivity index (χ2n) is 5.24. The van der Waals surface area contributed by atoms with Crippen molar-refractivity contribution >= 4 is 29.0 Å². The summed E-state index contributed by atoms with van der Waals surface area (Å²) in [6, 6.07) is 11.7. The predicted octanol–water partition coefficient (Wildman–Crippen LogP) is 2.87. The van der Waals surface area contributed by atoms with Crippen LogP contribution in [0.15, 0.2) is 46.9 Å². The number of nitrogens with zero attached hydrogens (tertiary/aromatic N) is 2. The summed E-state index contributed by atoms with van der Waals surface area (Å²) in [5, 5.41) is 12.6. The van der Waals surface area contributed by atoms with Gasteiger partial charge in [0.05, 0.1) is 12.9 Å². The van der Waals surface area contributed by atoms with Crippen molar-refractivity contribution in [2.24, 2.45) is 0 Å². The van der Waals surface area contributed by atoms with Gasteiger partial charge >= 0.3 is 0 Å². The fraction of sp³-hybridized carbons (Fsp3) is 0.235. The van der Waals surface area contributed by atoms with Crippen molar-refractivity contribution in [3.63, 3.8) is 0 Å². The van der Waals surface area contributed by atoms with Crippen LogP contribution >= 0.6 is 23.1 Å². The van der Waals surface area contributed by atoms with E-state index in [1.165, 1.54) is 16.6 Å². The van der Waals surface area contributed by atoms with E-state index in [-0.39, 0.29) is 11.7 Å². The lowest BCUT2D eigenvalue weighted by Crippen LogP contribution is -2.24. The van der Waals surface area contributed by atoms with Crippen LogP contribution in [0.1, 0.15) is 16.3 Å². The minimum absolute atomic E-state index is 0.0579. The Bertz CT molecular complexity index is 818. The molecule has 0 aliphatic heterocycles. The quantitative estimate of drug-likeness (QED) is 0.593. The van der Waals surface area contributed by atoms with Gasteiger partial charge in [-0.15, -0.1) is 16.4 Å². The Morgan fingerprint density at radius 2 is 2.28 bits per heavy atom. The molecule has 1 amide bonds. The monoisotopic (exact) mass is 374 g/mol. The van der Waals surface area contributed by atoms with Crippen molar-refractivity contribution in [3.05, 3.63) is 58.0 Å². The molecule has 0 saturated carbocycles. The van der Waals surface area contributed by atoms with Crippen molar-refractivity contribution in [3.8, 4) is 5.75 Å². The third kappa shape index (κ3) is 5.33. The molecule has 6 nitrogen and oxygen atoms in total. The highest BCUT2D eigenvalue weighted by Gasteiger charge is 2.08. The standard InChI is InChI=1S/C17H18N4O2S2/c1-23-13-5-2-4-12(8-13)10-18-16(22)11-25-17-19-15(20-21-17)9-14-6-3-7-24-14/h2-8H,9-11H2,1H3,(H,18,22)(H,19,20,21). The van der Waals surface area contributed by atoms with Crippen LogP contribution in [0.5, 0.6) is 5.75 Å². The minimum Gasteiger partial charge on any atom is -0.497 e. The van der Waals surface area contributed by atoms with E-state index in [1.807, 2.05) is 35.7 Å². The van der Waals surface area contributed by atoms with Crippen molar-refractivity contribution in [2.75, 3.05) is 12.9 Å². The van der Waals surface area contributed by atoms with Crippen LogP contribution in [0.4, 0.5) is 0 Å². The molecule has 0 atom stereocenters. The van der Waals surface area contributed by atoms with Crippen LogP contribution in [0.2, 0.25) is 0 Å². The molecule has 130 valence electrons. The van der Waals surface area contributed by atoms with E-state index in [0.29, 0.717) is 11.7 Å². The summed E-state index contributed by atoms with van der Waals surface area (Å²) in [5.74, 6) is 1.81. The Balaban J connectivity index is 1.43. The van der Waals surface area contributed by atoms with E-state index in [1.54, 1.807) is 18.4 Å². The van der Waals surface area contributed by atoms with Crippen LogP contribution < -0.4 is 10.1 Å². The van der Waals surface area contributed by atoms with Gasteiger partial charge in [-0.3, -0.25) is 9.89 Å². The molecule has 25 heavy (non-hydrogen) atoms. The van der Waals surface area contributed by atoms with E-state index in [9.17, 15) is 4.79 Å². The van der Waals surface area contributed by atoms with E-state index in [0.717, 1.165) is 23.6 Å². The topological polar surface area (TPSA) is 79.9 Å². The van der Waals surface area contributed by atoms with Gasteiger partial charge in [0, 0.05) is 17.8 Å². The van der Waals surface area contributed by atoms with Gasteiger partial charge in [-0.1, -0.05) is 30.0 Å². The number of aromatic amines is 1. The van der Waals surface area contributed by atoms with Crippen LogP contribution in [0.3, 0.4) is 0 Å². The third-order valence-electron chi connectivity index (χ3n) is 3.39. The summed E-state index contributed by atoms with van der Waals surface area (Å²) < 4.78 is 5.17. The number of benzene rings is 1. The maximum absolute atomic E-state index is 12.0. The van der Waals surface area contributed by atoms with E-state index < -0.39 is 0 Å². The molecule has 0 aliphatic carbocycles. The van der Waals surface area contributed by atoms with Gasteiger partial charge in [-0.05, 0) is 29.1 Å². The van der Waals surface area contributed by atoms with Crippen LogP contribution in [0, 0.1) is 0 Å². The number of carbonyl (C=O) groups is 1. The molecule has 0 fully saturated rings. The molecule has 1 aromatic carbocycles. The first-order valence-corrected chi connectivity index (χ1v) is 9.55. The highest BCUT2D eigenvalue weighted by Crippen LogP contribution is 2.16. The fourth-order valence-corrected chi connectivity index (χ4v) is 3.52. The number of amides is 1. The Hall–Kier alpha value is -2.32. The lowest BCUT2D eigenvalue weighted by atomic mass is 10.2. The molecule has 0 radical (unpaired) electrons. The molecule has 0 aliphatic rings. The Morgan fingerprint density at radius 3 is 3.08 bits per heavy atom. The number of carbonyl (C=O) groups excluding carboxylic acids is 1. The summed E-state index contributed by atoms with van der Waals surface area (Å²) in [4.78, 5) is 17.6. The Labute approximate surface area is 154 Å². The lowest BCUT2D eigenvalue weighted by molar-refractivity contribution is -0.118. The first-order chi connectivity index (χ1) is 12.2. The van der Waals surface area contributed by atoms with Crippen molar-refractivity contribution in [2.45, 2.75) is 18.1 Å². The second kappa shape index (κ2) is 8.68. The first-order valence-electron chi connectivity index (χ1n) is 7.69. The van der Waals surface area contributed by atoms with E-state index >= 15 is 0 Å². The highest BCUT2D eigenvalue weighted by atomic mass is 32.2. The average Bonchev–Trinajstić information content (AvgIpc) is 3.31. The molecule has 0 bridgehead atoms. The zero-order valence-corrected chi connectivity index (χ0v) is 15.3. The molecule has 0 saturated heterocycles. The largest absolute Gasteiger partial charge is 0.497 e. The van der Waals surface area contributed by atoms with E-state index in [2.05, 4.69) is 26.6 Å². The Morgan fingerprint density at radius 1 is 1.36 bits per heavy atom. The predicted molar refractivity (Wildman–Crippen MR) is 99.1 cm³/mol. The van der Waals surface area contributed by atoms with Gasteiger partial charge < -0.3 is 10.1 Å². The number of methoxy groups -OCH3 is 1. The lowest BCUT2D eigenvalue weighted by Gasteiger charge is -2.06. The summed E-state index contributed by atoms with van der Waals surface area (Å²) in [7, 11) is 1.62. The summed E-state index contributed by atoms with van der Waals surface area (Å²) in [6.45, 7) is 0.466. The normalized spacial score (nSPS) is 10.6. The van der Waals surface area contributed by atoms with Gasteiger partial charge in [0.25, 0.3) is 0 Å². The van der Waals surface area contributed by atoms with Crippen molar-refractivity contribution in [1.82, 2.24) is 20.5 Å². The van der Waals surface area contributed by atoms with Gasteiger partial charge in [0.15, 0.2) is 0 Å². The molecule has 2 aromatic heterocycles.